The second-order valence-electron chi connectivity index (χ2n) is 10.1. The van der Waals surface area contributed by atoms with E-state index in [4.69, 9.17) is 4.74 Å². The van der Waals surface area contributed by atoms with Gasteiger partial charge in [0.1, 0.15) is 6.17 Å². The number of allylic oxidation sites excluding steroid dienone is 2. The number of ketones is 1. The molecule has 0 amide bonds. The molecule has 0 aliphatic carbocycles. The van der Waals surface area contributed by atoms with Crippen LogP contribution in [-0.2, 0) is 16.1 Å². The molecule has 6 nitrogen and oxygen atoms in total. The molecule has 3 aliphatic rings. The summed E-state index contributed by atoms with van der Waals surface area (Å²) >= 11 is 0. The lowest BCUT2D eigenvalue weighted by atomic mass is 9.90. The number of carbonyl (C=O) groups is 1. The number of methoxy groups -OCH3 is 1. The van der Waals surface area contributed by atoms with Crippen LogP contribution in [0.4, 0.5) is 4.39 Å². The molecule has 1 N–H and O–H groups in total. The molecule has 2 fully saturated rings. The number of hydrogen-bond donors (Lipinski definition) is 1. The molecule has 2 saturated heterocycles. The number of rotatable bonds is 8. The van der Waals surface area contributed by atoms with Crippen molar-refractivity contribution in [3.63, 3.8) is 0 Å². The topological polar surface area (TPSA) is 65.4 Å². The lowest BCUT2D eigenvalue weighted by molar-refractivity contribution is -0.117. The van der Waals surface area contributed by atoms with Gasteiger partial charge in [-0.25, -0.2) is 4.39 Å². The van der Waals surface area contributed by atoms with Crippen molar-refractivity contribution in [2.45, 2.75) is 37.6 Å². The zero-order valence-electron chi connectivity index (χ0n) is 21.1. The van der Waals surface area contributed by atoms with Gasteiger partial charge >= 0.3 is 0 Å². The number of alkyl halides is 1. The monoisotopic (exact) mass is 501 g/mol. The molecule has 0 aromatic heterocycles. The number of carbonyl (C=O) groups excluding carboxylic acids is 1. The van der Waals surface area contributed by atoms with Gasteiger partial charge in [0.25, 0.3) is 0 Å². The summed E-state index contributed by atoms with van der Waals surface area (Å²) in [5.41, 5.74) is 4.58. The van der Waals surface area contributed by atoms with E-state index in [0.717, 1.165) is 36.3 Å². The number of aliphatic hydroxyl groups is 1. The lowest BCUT2D eigenvalue weighted by Gasteiger charge is -2.38. The average molecular weight is 502 g/mol. The molecule has 2 aromatic carbocycles. The van der Waals surface area contributed by atoms with Gasteiger partial charge in [-0.15, -0.1) is 0 Å². The lowest BCUT2D eigenvalue weighted by Crippen LogP contribution is -2.50. The van der Waals surface area contributed by atoms with Gasteiger partial charge in [-0.1, -0.05) is 36.1 Å². The van der Waals surface area contributed by atoms with Crippen molar-refractivity contribution in [2.75, 3.05) is 39.8 Å². The van der Waals surface area contributed by atoms with E-state index in [1.165, 1.54) is 5.56 Å². The predicted octanol–water partition coefficient (Wildman–Crippen LogP) is 3.86. The van der Waals surface area contributed by atoms with Crippen LogP contribution >= 0.6 is 0 Å². The number of hydrogen-bond acceptors (Lipinski definition) is 6. The fourth-order valence-electron chi connectivity index (χ4n) is 4.93. The summed E-state index contributed by atoms with van der Waals surface area (Å²) in [6.07, 6.45) is 1.66. The number of ether oxygens (including phenoxy) is 1. The van der Waals surface area contributed by atoms with E-state index in [-0.39, 0.29) is 23.9 Å². The zero-order valence-corrected chi connectivity index (χ0v) is 21.1. The highest BCUT2D eigenvalue weighted by molar-refractivity contribution is 6.03. The second-order valence-corrected chi connectivity index (χ2v) is 10.1. The molecule has 37 heavy (non-hydrogen) atoms. The summed E-state index contributed by atoms with van der Waals surface area (Å²) in [4.78, 5) is 20.6. The molecule has 1 atom stereocenters. The molecular weight excluding hydrogens is 469 g/mol. The maximum absolute atomic E-state index is 13.4. The number of benzene rings is 2. The van der Waals surface area contributed by atoms with Crippen LogP contribution in [0.3, 0.4) is 0 Å². The molecule has 3 aliphatic heterocycles. The third-order valence-electron chi connectivity index (χ3n) is 7.24. The molecular formula is C30H32FN3O3. The largest absolute Gasteiger partial charge is 0.503 e. The summed E-state index contributed by atoms with van der Waals surface area (Å²) in [7, 11) is 1.76. The number of aliphatic hydroxyl groups excluding tert-OH is 1. The van der Waals surface area contributed by atoms with Crippen LogP contribution in [0.2, 0.25) is 0 Å². The van der Waals surface area contributed by atoms with E-state index in [9.17, 15) is 14.3 Å². The third kappa shape index (κ3) is 6.34. The highest BCUT2D eigenvalue weighted by atomic mass is 19.1. The first-order valence-corrected chi connectivity index (χ1v) is 12.8. The smallest absolute Gasteiger partial charge is 0.204 e. The van der Waals surface area contributed by atoms with Gasteiger partial charge in [-0.3, -0.25) is 19.6 Å². The SMILES string of the molecule is COC1CN(Cc2ccc(C#Cc3ccc(C(CC4=C(O)C(=O)CC=N4)CN4CC(F)C4)cc3)cc2)C1. The maximum Gasteiger partial charge on any atom is 0.204 e. The number of Topliss-reactive ketones (excluding diaryl/α,β-unsaturated/α-hetero) is 1. The van der Waals surface area contributed by atoms with Gasteiger partial charge in [-0.05, 0) is 35.4 Å². The summed E-state index contributed by atoms with van der Waals surface area (Å²) in [5.74, 6) is 5.88. The highest BCUT2D eigenvalue weighted by Gasteiger charge is 2.30. The highest BCUT2D eigenvalue weighted by Crippen LogP contribution is 2.30. The van der Waals surface area contributed by atoms with Crippen molar-refractivity contribution in [1.29, 1.82) is 0 Å². The van der Waals surface area contributed by atoms with Gasteiger partial charge in [0.05, 0.1) is 11.8 Å². The Hall–Kier alpha value is -3.31. The molecule has 0 saturated carbocycles. The number of likely N-dealkylation sites (tertiary alicyclic amines) is 2. The Morgan fingerprint density at radius 3 is 2.30 bits per heavy atom. The average Bonchev–Trinajstić information content (AvgIpc) is 2.87. The fourth-order valence-corrected chi connectivity index (χ4v) is 4.93. The van der Waals surface area contributed by atoms with Crippen LogP contribution in [-0.4, -0.2) is 79.0 Å². The molecule has 0 bridgehead atoms. The van der Waals surface area contributed by atoms with Crippen molar-refractivity contribution in [3.8, 4) is 11.8 Å². The third-order valence-corrected chi connectivity index (χ3v) is 7.24. The molecule has 5 rings (SSSR count). The maximum atomic E-state index is 13.4. The van der Waals surface area contributed by atoms with Crippen LogP contribution in [0.25, 0.3) is 0 Å². The summed E-state index contributed by atoms with van der Waals surface area (Å²) < 4.78 is 18.7. The second kappa shape index (κ2) is 11.4. The molecule has 0 spiro atoms. The van der Waals surface area contributed by atoms with Crippen molar-refractivity contribution in [2.24, 2.45) is 4.99 Å². The molecule has 3 heterocycles. The first-order chi connectivity index (χ1) is 18.0. The Morgan fingerprint density at radius 1 is 1.03 bits per heavy atom. The predicted molar refractivity (Wildman–Crippen MR) is 141 cm³/mol. The van der Waals surface area contributed by atoms with E-state index >= 15 is 0 Å². The molecule has 0 radical (unpaired) electrons. The van der Waals surface area contributed by atoms with Crippen molar-refractivity contribution >= 4 is 12.0 Å². The Labute approximate surface area is 217 Å². The Balaban J connectivity index is 1.23. The Bertz CT molecular complexity index is 1230. The molecule has 7 heteroatoms. The normalized spacial score (nSPS) is 19.8. The minimum atomic E-state index is -0.784. The molecule has 1 unspecified atom stereocenters. The fraction of sp³-hybridized carbons (Fsp3) is 0.400. The minimum absolute atomic E-state index is 0.0205. The summed E-state index contributed by atoms with van der Waals surface area (Å²) in [6, 6.07) is 16.4. The quantitative estimate of drug-likeness (QED) is 0.557. The van der Waals surface area contributed by atoms with Crippen LogP contribution in [0.1, 0.15) is 41.0 Å². The molecule has 2 aromatic rings. The first-order valence-electron chi connectivity index (χ1n) is 12.8. The minimum Gasteiger partial charge on any atom is -0.503 e. The van der Waals surface area contributed by atoms with E-state index in [0.29, 0.717) is 37.9 Å². The van der Waals surface area contributed by atoms with Crippen LogP contribution < -0.4 is 0 Å². The molecule has 192 valence electrons. The van der Waals surface area contributed by atoms with E-state index in [1.807, 2.05) is 24.3 Å². The first kappa shape index (κ1) is 25.3. The zero-order chi connectivity index (χ0) is 25.8. The van der Waals surface area contributed by atoms with Crippen molar-refractivity contribution < 1.29 is 19.0 Å². The van der Waals surface area contributed by atoms with E-state index in [1.54, 1.807) is 13.3 Å². The number of halogens is 1. The van der Waals surface area contributed by atoms with Crippen LogP contribution in [0.15, 0.2) is 65.0 Å². The summed E-state index contributed by atoms with van der Waals surface area (Å²) in [6.45, 7) is 4.35. The van der Waals surface area contributed by atoms with Crippen molar-refractivity contribution in [1.82, 2.24) is 9.80 Å². The van der Waals surface area contributed by atoms with E-state index < -0.39 is 6.17 Å². The Morgan fingerprint density at radius 2 is 1.68 bits per heavy atom. The standard InChI is InChI=1S/C30H32FN3O3/c1-37-27-19-33(20-27)15-23-6-4-21(5-7-23)2-3-22-8-10-24(11-9-22)25(16-34-17-26(31)18-34)14-28-30(36)29(35)12-13-32-28/h4-11,13,25-27,36H,12,14-20H2,1H3. The Kier molecular flexibility index (Phi) is 7.80. The van der Waals surface area contributed by atoms with Crippen LogP contribution in [0, 0.1) is 11.8 Å². The van der Waals surface area contributed by atoms with Gasteiger partial charge in [0.15, 0.2) is 5.76 Å². The summed E-state index contributed by atoms with van der Waals surface area (Å²) in [5, 5.41) is 10.2. The van der Waals surface area contributed by atoms with Crippen molar-refractivity contribution in [3.05, 3.63) is 82.2 Å². The van der Waals surface area contributed by atoms with Gasteiger partial charge in [0.2, 0.25) is 5.78 Å². The van der Waals surface area contributed by atoms with E-state index in [2.05, 4.69) is 50.9 Å². The van der Waals surface area contributed by atoms with Gasteiger partial charge in [0, 0.05) is 82.5 Å². The van der Waals surface area contributed by atoms with Gasteiger partial charge < -0.3 is 9.84 Å². The number of aliphatic imine (C=N–C) groups is 1. The number of nitrogens with zero attached hydrogens (tertiary/aromatic N) is 3. The van der Waals surface area contributed by atoms with Gasteiger partial charge in [-0.2, -0.15) is 0 Å². The van der Waals surface area contributed by atoms with Crippen LogP contribution in [0.5, 0.6) is 0 Å².